The normalized spacial score (nSPS) is 13.9. The molecule has 2 rings (SSSR count). The van der Waals surface area contributed by atoms with Gasteiger partial charge in [-0.15, -0.1) is 0 Å². The molecule has 4 nitrogen and oxygen atoms in total. The molecule has 1 fully saturated rings. The van der Waals surface area contributed by atoms with Crippen molar-refractivity contribution in [2.75, 3.05) is 13.2 Å². The maximum absolute atomic E-state index is 13.3. The van der Waals surface area contributed by atoms with Crippen molar-refractivity contribution in [3.8, 4) is 0 Å². The van der Waals surface area contributed by atoms with Gasteiger partial charge in [-0.05, 0) is 53.9 Å². The highest BCUT2D eigenvalue weighted by Gasteiger charge is 2.35. The van der Waals surface area contributed by atoms with Crippen LogP contribution in [-0.4, -0.2) is 36.0 Å². The van der Waals surface area contributed by atoms with E-state index < -0.39 is 11.8 Å². The summed E-state index contributed by atoms with van der Waals surface area (Å²) in [5, 5.41) is 0. The SMILES string of the molecule is CCOC(=O)CN(C(=O)c1cc(F)ccc1Br)C1CC1. The van der Waals surface area contributed by atoms with E-state index in [9.17, 15) is 14.0 Å². The van der Waals surface area contributed by atoms with Crippen LogP contribution in [0.15, 0.2) is 22.7 Å². The van der Waals surface area contributed by atoms with Gasteiger partial charge < -0.3 is 9.64 Å². The van der Waals surface area contributed by atoms with E-state index in [1.807, 2.05) is 0 Å². The number of ether oxygens (including phenoxy) is 1. The van der Waals surface area contributed by atoms with Gasteiger partial charge >= 0.3 is 5.97 Å². The first kappa shape index (κ1) is 15.0. The number of amides is 1. The first-order valence-electron chi connectivity index (χ1n) is 6.44. The number of carbonyl (C=O) groups excluding carboxylic acids is 2. The highest BCUT2D eigenvalue weighted by molar-refractivity contribution is 9.10. The number of carbonyl (C=O) groups is 2. The Balaban J connectivity index is 2.18. The van der Waals surface area contributed by atoms with Gasteiger partial charge in [0.15, 0.2) is 0 Å². The average Bonchev–Trinajstić information content (AvgIpc) is 3.23. The van der Waals surface area contributed by atoms with Crippen molar-refractivity contribution >= 4 is 27.8 Å². The Labute approximate surface area is 125 Å². The van der Waals surface area contributed by atoms with Crippen molar-refractivity contribution in [2.24, 2.45) is 0 Å². The van der Waals surface area contributed by atoms with Crippen LogP contribution in [-0.2, 0) is 9.53 Å². The highest BCUT2D eigenvalue weighted by atomic mass is 79.9. The van der Waals surface area contributed by atoms with Crippen molar-refractivity contribution in [2.45, 2.75) is 25.8 Å². The van der Waals surface area contributed by atoms with Crippen molar-refractivity contribution in [1.29, 1.82) is 0 Å². The molecule has 0 unspecified atom stereocenters. The minimum atomic E-state index is -0.483. The van der Waals surface area contributed by atoms with E-state index in [1.54, 1.807) is 6.92 Å². The zero-order chi connectivity index (χ0) is 14.7. The third kappa shape index (κ3) is 3.56. The maximum Gasteiger partial charge on any atom is 0.325 e. The molecule has 20 heavy (non-hydrogen) atoms. The summed E-state index contributed by atoms with van der Waals surface area (Å²) < 4.78 is 18.7. The summed E-state index contributed by atoms with van der Waals surface area (Å²) in [4.78, 5) is 25.5. The Morgan fingerprint density at radius 3 is 2.75 bits per heavy atom. The number of benzene rings is 1. The molecule has 0 atom stereocenters. The second-order valence-corrected chi connectivity index (χ2v) is 5.45. The van der Waals surface area contributed by atoms with Crippen molar-refractivity contribution < 1.29 is 18.7 Å². The first-order chi connectivity index (χ1) is 9.52. The number of hydrogen-bond donors (Lipinski definition) is 0. The van der Waals surface area contributed by atoms with Crippen LogP contribution >= 0.6 is 15.9 Å². The number of esters is 1. The van der Waals surface area contributed by atoms with Gasteiger partial charge in [-0.3, -0.25) is 9.59 Å². The van der Waals surface area contributed by atoms with Gasteiger partial charge in [-0.25, -0.2) is 4.39 Å². The summed E-state index contributed by atoms with van der Waals surface area (Å²) in [6.07, 6.45) is 1.72. The quantitative estimate of drug-likeness (QED) is 0.772. The maximum atomic E-state index is 13.3. The van der Waals surface area contributed by atoms with Gasteiger partial charge in [-0.1, -0.05) is 0 Å². The van der Waals surface area contributed by atoms with Gasteiger partial charge in [0, 0.05) is 10.5 Å². The van der Waals surface area contributed by atoms with E-state index in [0.717, 1.165) is 12.8 Å². The molecule has 1 aliphatic rings. The summed E-state index contributed by atoms with van der Waals surface area (Å²) >= 11 is 3.24. The van der Waals surface area contributed by atoms with Gasteiger partial charge in [0.25, 0.3) is 5.91 Å². The Kier molecular flexibility index (Phi) is 4.75. The molecule has 108 valence electrons. The van der Waals surface area contributed by atoms with Gasteiger partial charge in [0.2, 0.25) is 0 Å². The Morgan fingerprint density at radius 1 is 1.45 bits per heavy atom. The molecule has 0 N–H and O–H groups in total. The van der Waals surface area contributed by atoms with E-state index in [0.29, 0.717) is 4.47 Å². The van der Waals surface area contributed by atoms with Gasteiger partial charge in [0.1, 0.15) is 12.4 Å². The number of hydrogen-bond acceptors (Lipinski definition) is 3. The minimum absolute atomic E-state index is 0.0436. The summed E-state index contributed by atoms with van der Waals surface area (Å²) in [5.41, 5.74) is 0.223. The molecule has 0 heterocycles. The molecule has 1 saturated carbocycles. The van der Waals surface area contributed by atoms with Crippen LogP contribution in [0, 0.1) is 5.82 Å². The predicted octanol–water partition coefficient (Wildman–Crippen LogP) is 2.76. The van der Waals surface area contributed by atoms with Crippen molar-refractivity contribution in [3.63, 3.8) is 0 Å². The molecule has 1 aliphatic carbocycles. The van der Waals surface area contributed by atoms with Crippen LogP contribution in [0.3, 0.4) is 0 Å². The van der Waals surface area contributed by atoms with Crippen molar-refractivity contribution in [1.82, 2.24) is 4.90 Å². The second-order valence-electron chi connectivity index (χ2n) is 4.59. The van der Waals surface area contributed by atoms with Crippen LogP contribution in [0.4, 0.5) is 4.39 Å². The molecular formula is C14H15BrFNO3. The monoisotopic (exact) mass is 343 g/mol. The lowest BCUT2D eigenvalue weighted by Crippen LogP contribution is -2.38. The topological polar surface area (TPSA) is 46.6 Å². The van der Waals surface area contributed by atoms with E-state index in [-0.39, 0.29) is 30.7 Å². The first-order valence-corrected chi connectivity index (χ1v) is 7.24. The van der Waals surface area contributed by atoms with Gasteiger partial charge in [0.05, 0.1) is 12.2 Å². The molecule has 0 radical (unpaired) electrons. The average molecular weight is 344 g/mol. The van der Waals surface area contributed by atoms with E-state index in [2.05, 4.69) is 15.9 Å². The molecule has 0 saturated heterocycles. The zero-order valence-electron chi connectivity index (χ0n) is 11.1. The lowest BCUT2D eigenvalue weighted by molar-refractivity contribution is -0.144. The van der Waals surface area contributed by atoms with Crippen LogP contribution in [0.5, 0.6) is 0 Å². The third-order valence-corrected chi connectivity index (χ3v) is 3.70. The number of halogens is 2. The molecule has 1 aromatic rings. The van der Waals surface area contributed by atoms with Crippen LogP contribution in [0.2, 0.25) is 0 Å². The summed E-state index contributed by atoms with van der Waals surface area (Å²) in [7, 11) is 0. The molecule has 0 aromatic heterocycles. The predicted molar refractivity (Wildman–Crippen MR) is 74.8 cm³/mol. The lowest BCUT2D eigenvalue weighted by Gasteiger charge is -2.22. The fourth-order valence-corrected chi connectivity index (χ4v) is 2.33. The Hall–Kier alpha value is -1.43. The summed E-state index contributed by atoms with van der Waals surface area (Å²) in [5.74, 6) is -1.28. The van der Waals surface area contributed by atoms with Crippen LogP contribution in [0.1, 0.15) is 30.1 Å². The number of rotatable bonds is 5. The zero-order valence-corrected chi connectivity index (χ0v) is 12.7. The largest absolute Gasteiger partial charge is 0.465 e. The summed E-state index contributed by atoms with van der Waals surface area (Å²) in [6, 6.07) is 3.97. The standard InChI is InChI=1S/C14H15BrFNO3/c1-2-20-13(18)8-17(10-4-5-10)14(19)11-7-9(16)3-6-12(11)15/h3,6-7,10H,2,4-5,8H2,1H3. The molecular weight excluding hydrogens is 329 g/mol. The minimum Gasteiger partial charge on any atom is -0.465 e. The Morgan fingerprint density at radius 2 is 2.15 bits per heavy atom. The molecule has 0 spiro atoms. The fourth-order valence-electron chi connectivity index (χ4n) is 1.91. The molecule has 6 heteroatoms. The van der Waals surface area contributed by atoms with Crippen molar-refractivity contribution in [3.05, 3.63) is 34.1 Å². The van der Waals surface area contributed by atoms with E-state index >= 15 is 0 Å². The number of nitrogens with zero attached hydrogens (tertiary/aromatic N) is 1. The summed E-state index contributed by atoms with van der Waals surface area (Å²) in [6.45, 7) is 1.89. The molecule has 1 amide bonds. The van der Waals surface area contributed by atoms with E-state index in [4.69, 9.17) is 4.74 Å². The highest BCUT2D eigenvalue weighted by Crippen LogP contribution is 2.30. The van der Waals surface area contributed by atoms with E-state index in [1.165, 1.54) is 23.1 Å². The molecule has 0 aliphatic heterocycles. The molecule has 0 bridgehead atoms. The Bertz CT molecular complexity index is 531. The van der Waals surface area contributed by atoms with Crippen LogP contribution in [0.25, 0.3) is 0 Å². The van der Waals surface area contributed by atoms with Crippen LogP contribution < -0.4 is 0 Å². The lowest BCUT2D eigenvalue weighted by atomic mass is 10.2. The third-order valence-electron chi connectivity index (χ3n) is 3.01. The smallest absolute Gasteiger partial charge is 0.325 e. The molecule has 1 aromatic carbocycles. The van der Waals surface area contributed by atoms with Gasteiger partial charge in [-0.2, -0.15) is 0 Å². The second kappa shape index (κ2) is 6.35. The fraction of sp³-hybridized carbons (Fsp3) is 0.429.